The zero-order valence-electron chi connectivity index (χ0n) is 15.6. The van der Waals surface area contributed by atoms with Crippen molar-refractivity contribution in [3.63, 3.8) is 0 Å². The average Bonchev–Trinajstić information content (AvgIpc) is 3.10. The molecule has 0 aliphatic carbocycles. The van der Waals surface area contributed by atoms with Crippen molar-refractivity contribution < 1.29 is 19.8 Å². The quantitative estimate of drug-likeness (QED) is 0.360. The Morgan fingerprint density at radius 3 is 2.85 bits per heavy atom. The van der Waals surface area contributed by atoms with Gasteiger partial charge in [-0.3, -0.25) is 4.79 Å². The van der Waals surface area contributed by atoms with Gasteiger partial charge in [0.15, 0.2) is 0 Å². The predicted octanol–water partition coefficient (Wildman–Crippen LogP) is 0.603. The maximum Gasteiger partial charge on any atom is 0.353 e. The second-order valence-electron chi connectivity index (χ2n) is 7.60. The van der Waals surface area contributed by atoms with Gasteiger partial charge in [-0.15, -0.1) is 11.8 Å². The topological polar surface area (TPSA) is 102 Å². The van der Waals surface area contributed by atoms with Gasteiger partial charge in [0.05, 0.1) is 18.1 Å². The van der Waals surface area contributed by atoms with Crippen LogP contribution in [0.2, 0.25) is 0 Å². The minimum Gasteiger partial charge on any atom is -0.477 e. The van der Waals surface area contributed by atoms with Crippen molar-refractivity contribution in [2.75, 3.05) is 20.1 Å². The molecule has 0 spiro atoms. The Morgan fingerprint density at radius 1 is 1.50 bits per heavy atom. The first-order chi connectivity index (χ1) is 12.4. The van der Waals surface area contributed by atoms with Gasteiger partial charge >= 0.3 is 5.97 Å². The molecule has 0 aromatic carbocycles. The molecule has 26 heavy (non-hydrogen) atoms. The van der Waals surface area contributed by atoms with E-state index in [-0.39, 0.29) is 23.6 Å². The molecule has 8 heteroatoms. The number of thioether (sulfide) groups is 1. The number of β-lactam (4-membered cyclic amide) rings is 1. The maximum absolute atomic E-state index is 12.4. The van der Waals surface area contributed by atoms with Crippen LogP contribution in [0, 0.1) is 11.8 Å². The lowest BCUT2D eigenvalue weighted by Crippen LogP contribution is -2.63. The zero-order chi connectivity index (χ0) is 19.0. The van der Waals surface area contributed by atoms with E-state index in [1.807, 2.05) is 14.0 Å². The van der Waals surface area contributed by atoms with E-state index in [1.165, 1.54) is 4.90 Å². The molecular weight excluding hydrogens is 354 g/mol. The Bertz CT molecular complexity index is 609. The van der Waals surface area contributed by atoms with Crippen LogP contribution >= 0.6 is 11.8 Å². The first-order valence-corrected chi connectivity index (χ1v) is 10.3. The zero-order valence-corrected chi connectivity index (χ0v) is 16.4. The van der Waals surface area contributed by atoms with Crippen molar-refractivity contribution >= 4 is 23.6 Å². The van der Waals surface area contributed by atoms with Gasteiger partial charge in [-0.25, -0.2) is 4.79 Å². The highest BCUT2D eigenvalue weighted by molar-refractivity contribution is 8.03. The molecular formula is C18H29N3O4S. The van der Waals surface area contributed by atoms with E-state index < -0.39 is 18.0 Å². The van der Waals surface area contributed by atoms with E-state index in [0.717, 1.165) is 37.3 Å². The summed E-state index contributed by atoms with van der Waals surface area (Å²) < 4.78 is 0. The smallest absolute Gasteiger partial charge is 0.353 e. The molecule has 0 bridgehead atoms. The molecule has 0 radical (unpaired) electrons. The molecule has 2 fully saturated rings. The molecule has 3 aliphatic heterocycles. The Morgan fingerprint density at radius 2 is 2.23 bits per heavy atom. The molecule has 0 aromatic rings. The predicted molar refractivity (Wildman–Crippen MR) is 101 cm³/mol. The highest BCUT2D eigenvalue weighted by atomic mass is 32.2. The number of carbonyl (C=O) groups is 2. The van der Waals surface area contributed by atoms with Gasteiger partial charge in [0.2, 0.25) is 5.91 Å². The summed E-state index contributed by atoms with van der Waals surface area (Å²) in [5, 5.41) is 26.6. The van der Waals surface area contributed by atoms with Crippen molar-refractivity contribution in [1.82, 2.24) is 15.5 Å². The molecule has 1 amide bonds. The second-order valence-corrected chi connectivity index (χ2v) is 8.94. The van der Waals surface area contributed by atoms with E-state index in [4.69, 9.17) is 0 Å². The number of nitrogens with one attached hydrogen (secondary N) is 2. The summed E-state index contributed by atoms with van der Waals surface area (Å²) in [6.07, 6.45) is 2.48. The van der Waals surface area contributed by atoms with Gasteiger partial charge in [-0.2, -0.15) is 0 Å². The van der Waals surface area contributed by atoms with Gasteiger partial charge in [0.25, 0.3) is 0 Å². The second kappa shape index (κ2) is 7.88. The summed E-state index contributed by atoms with van der Waals surface area (Å²) in [6.45, 7) is 5.44. The number of carboxylic acid groups (broad SMARTS) is 1. The van der Waals surface area contributed by atoms with Crippen LogP contribution < -0.4 is 10.6 Å². The summed E-state index contributed by atoms with van der Waals surface area (Å²) in [4.78, 5) is 26.4. The molecule has 4 N–H and O–H groups in total. The highest BCUT2D eigenvalue weighted by Gasteiger charge is 2.60. The third-order valence-electron chi connectivity index (χ3n) is 5.77. The van der Waals surface area contributed by atoms with Gasteiger partial charge in [0.1, 0.15) is 5.70 Å². The lowest BCUT2D eigenvalue weighted by molar-refractivity contribution is -0.163. The largest absolute Gasteiger partial charge is 0.477 e. The molecule has 146 valence electrons. The van der Waals surface area contributed by atoms with Crippen LogP contribution in [0.4, 0.5) is 0 Å². The third-order valence-corrected chi connectivity index (χ3v) is 7.28. The number of fused-ring (bicyclic) bond motifs is 1. The summed E-state index contributed by atoms with van der Waals surface area (Å²) >= 11 is 1.61. The number of nitrogens with zero attached hydrogens (tertiary/aromatic N) is 1. The molecule has 0 saturated carbocycles. The number of aliphatic carboxylic acids is 1. The Kier molecular flexibility index (Phi) is 5.96. The summed E-state index contributed by atoms with van der Waals surface area (Å²) in [6, 6.07) is 0.243. The summed E-state index contributed by atoms with van der Waals surface area (Å²) in [7, 11) is 1.95. The first kappa shape index (κ1) is 19.7. The van der Waals surface area contributed by atoms with Crippen molar-refractivity contribution in [2.24, 2.45) is 11.8 Å². The van der Waals surface area contributed by atoms with E-state index in [2.05, 4.69) is 10.6 Å². The van der Waals surface area contributed by atoms with Crippen molar-refractivity contribution in [2.45, 2.75) is 56.5 Å². The van der Waals surface area contributed by atoms with Crippen LogP contribution in [0.25, 0.3) is 0 Å². The molecule has 7 nitrogen and oxygen atoms in total. The maximum atomic E-state index is 12.4. The number of hydrogen-bond acceptors (Lipinski definition) is 6. The number of aliphatic hydroxyl groups is 1. The van der Waals surface area contributed by atoms with E-state index in [0.29, 0.717) is 11.3 Å². The monoisotopic (exact) mass is 383 g/mol. The minimum absolute atomic E-state index is 0.0493. The fourth-order valence-electron chi connectivity index (χ4n) is 4.48. The molecule has 6 unspecified atom stereocenters. The van der Waals surface area contributed by atoms with Gasteiger partial charge in [-0.05, 0) is 39.8 Å². The van der Waals surface area contributed by atoms with Gasteiger partial charge < -0.3 is 25.7 Å². The average molecular weight is 384 g/mol. The number of hydrogen-bond donors (Lipinski definition) is 4. The Balaban J connectivity index is 1.69. The molecule has 0 aromatic heterocycles. The SMILES string of the molecule is CNCCCC1CC(SC2=C(C(=O)O)N3C(=O)C(C(C)O)C3C2C)CN1. The Labute approximate surface area is 158 Å². The van der Waals surface area contributed by atoms with Crippen molar-refractivity contribution in [3.05, 3.63) is 10.6 Å². The van der Waals surface area contributed by atoms with Crippen LogP contribution in [0.15, 0.2) is 10.6 Å². The van der Waals surface area contributed by atoms with Crippen molar-refractivity contribution in [3.8, 4) is 0 Å². The molecule has 3 heterocycles. The molecule has 3 rings (SSSR count). The number of aliphatic hydroxyl groups excluding tert-OH is 1. The Hall–Kier alpha value is -1.09. The third kappa shape index (κ3) is 3.40. The lowest BCUT2D eigenvalue weighted by atomic mass is 9.79. The molecule has 6 atom stereocenters. The van der Waals surface area contributed by atoms with Gasteiger partial charge in [-0.1, -0.05) is 6.92 Å². The molecule has 3 aliphatic rings. The fraction of sp³-hybridized carbons (Fsp3) is 0.778. The highest BCUT2D eigenvalue weighted by Crippen LogP contribution is 2.51. The number of carboxylic acids is 1. The fourth-order valence-corrected chi connectivity index (χ4v) is 5.99. The number of carbonyl (C=O) groups excluding carboxylic acids is 1. The summed E-state index contributed by atoms with van der Waals surface area (Å²) in [5.74, 6) is -1.85. The minimum atomic E-state index is -1.05. The van der Waals surface area contributed by atoms with Crippen LogP contribution in [-0.4, -0.2) is 70.6 Å². The van der Waals surface area contributed by atoms with Gasteiger partial charge in [0, 0.05) is 28.7 Å². The summed E-state index contributed by atoms with van der Waals surface area (Å²) in [5.41, 5.74) is 0.132. The van der Waals surface area contributed by atoms with Crippen LogP contribution in [0.3, 0.4) is 0 Å². The normalized spacial score (nSPS) is 34.8. The number of rotatable bonds is 8. The van der Waals surface area contributed by atoms with Crippen LogP contribution in [0.5, 0.6) is 0 Å². The van der Waals surface area contributed by atoms with E-state index in [1.54, 1.807) is 18.7 Å². The lowest BCUT2D eigenvalue weighted by Gasteiger charge is -2.46. The molecule has 2 saturated heterocycles. The van der Waals surface area contributed by atoms with Crippen LogP contribution in [0.1, 0.15) is 33.1 Å². The van der Waals surface area contributed by atoms with Crippen molar-refractivity contribution in [1.29, 1.82) is 0 Å². The van der Waals surface area contributed by atoms with E-state index >= 15 is 0 Å². The van der Waals surface area contributed by atoms with E-state index in [9.17, 15) is 19.8 Å². The standard InChI is InChI=1S/C18H29N3O4S/c1-9-14-13(10(2)22)17(23)21(14)15(18(24)25)16(9)26-12-7-11(20-8-12)5-4-6-19-3/h9-14,19-20,22H,4-8H2,1-3H3,(H,24,25). The number of amides is 1. The first-order valence-electron chi connectivity index (χ1n) is 9.40. The van der Waals surface area contributed by atoms with Crippen LogP contribution in [-0.2, 0) is 9.59 Å².